The molecule has 3 rings (SSSR count). The van der Waals surface area contributed by atoms with E-state index >= 15 is 0 Å². The molecule has 0 aliphatic carbocycles. The number of benzene rings is 3. The van der Waals surface area contributed by atoms with Gasteiger partial charge < -0.3 is 10.2 Å². The number of hydrogen-bond acceptors (Lipinski definition) is 4. The number of likely N-dealkylation sites (N-methyl/N-ethyl adjacent to an activating group) is 1. The summed E-state index contributed by atoms with van der Waals surface area (Å²) in [6.07, 6.45) is 1.72. The van der Waals surface area contributed by atoms with Gasteiger partial charge in [-0.15, -0.1) is 0 Å². The fourth-order valence-electron chi connectivity index (χ4n) is 4.67. The average molecular weight is 619 g/mol. The molecule has 7 nitrogen and oxygen atoms in total. The molecule has 1 atom stereocenters. The summed E-state index contributed by atoms with van der Waals surface area (Å²) in [7, 11) is -3.60. The van der Waals surface area contributed by atoms with Crippen molar-refractivity contribution in [2.75, 3.05) is 23.7 Å². The molecule has 0 aromatic heterocycles. The zero-order valence-corrected chi connectivity index (χ0v) is 26.2. The first-order valence-electron chi connectivity index (χ1n) is 13.5. The molecule has 0 aliphatic rings. The van der Waals surface area contributed by atoms with Gasteiger partial charge in [0.15, 0.2) is 0 Å². The van der Waals surface area contributed by atoms with E-state index in [-0.39, 0.29) is 37.7 Å². The second-order valence-electron chi connectivity index (χ2n) is 10.1. The van der Waals surface area contributed by atoms with Crippen LogP contribution in [0.2, 0.25) is 10.0 Å². The molecular weight excluding hydrogens is 581 g/mol. The minimum atomic E-state index is -3.60. The third kappa shape index (κ3) is 8.96. The SMILES string of the molecule is CCNC(=O)[C@@H](Cc1ccccc1)N(Cc1c(Cl)cccc1Cl)C(=O)CCCN(c1cc(C)ccc1C)S(C)(=O)=O. The summed E-state index contributed by atoms with van der Waals surface area (Å²) < 4.78 is 26.8. The van der Waals surface area contributed by atoms with Gasteiger partial charge in [0.05, 0.1) is 11.9 Å². The maximum atomic E-state index is 13.9. The normalized spacial score (nSPS) is 12.0. The van der Waals surface area contributed by atoms with E-state index in [2.05, 4.69) is 5.32 Å². The van der Waals surface area contributed by atoms with Gasteiger partial charge in [-0.25, -0.2) is 8.42 Å². The van der Waals surface area contributed by atoms with Gasteiger partial charge in [-0.1, -0.05) is 71.7 Å². The van der Waals surface area contributed by atoms with Crippen molar-refractivity contribution in [3.8, 4) is 0 Å². The Morgan fingerprint density at radius 2 is 1.61 bits per heavy atom. The highest BCUT2D eigenvalue weighted by atomic mass is 35.5. The lowest BCUT2D eigenvalue weighted by Gasteiger charge is -2.32. The number of anilines is 1. The van der Waals surface area contributed by atoms with E-state index < -0.39 is 16.1 Å². The van der Waals surface area contributed by atoms with Crippen LogP contribution in [0.1, 0.15) is 42.0 Å². The third-order valence-electron chi connectivity index (χ3n) is 6.80. The zero-order valence-electron chi connectivity index (χ0n) is 23.9. The molecule has 0 fully saturated rings. The zero-order chi connectivity index (χ0) is 30.2. The molecule has 0 bridgehead atoms. The Balaban J connectivity index is 1.92. The Kier molecular flexibility index (Phi) is 11.6. The van der Waals surface area contributed by atoms with Crippen molar-refractivity contribution in [2.45, 2.75) is 52.6 Å². The van der Waals surface area contributed by atoms with E-state index in [9.17, 15) is 18.0 Å². The summed E-state index contributed by atoms with van der Waals surface area (Å²) in [5, 5.41) is 3.64. The maximum absolute atomic E-state index is 13.9. The minimum absolute atomic E-state index is 0.0175. The summed E-state index contributed by atoms with van der Waals surface area (Å²) in [6.45, 7) is 6.12. The van der Waals surface area contributed by atoms with Crippen LogP contribution in [0.3, 0.4) is 0 Å². The Bertz CT molecular complexity index is 1450. The lowest BCUT2D eigenvalue weighted by molar-refractivity contribution is -0.141. The molecule has 0 heterocycles. The van der Waals surface area contributed by atoms with E-state index in [1.54, 1.807) is 18.2 Å². The first-order chi connectivity index (χ1) is 19.4. The minimum Gasteiger partial charge on any atom is -0.355 e. The van der Waals surface area contributed by atoms with Crippen molar-refractivity contribution in [3.63, 3.8) is 0 Å². The molecule has 0 saturated heterocycles. The van der Waals surface area contributed by atoms with Crippen molar-refractivity contribution < 1.29 is 18.0 Å². The van der Waals surface area contributed by atoms with Crippen molar-refractivity contribution in [1.29, 1.82) is 0 Å². The highest BCUT2D eigenvalue weighted by Crippen LogP contribution is 2.28. The fourth-order valence-corrected chi connectivity index (χ4v) is 6.20. The molecule has 2 amide bonds. The second-order valence-corrected chi connectivity index (χ2v) is 12.8. The van der Waals surface area contributed by atoms with Crippen LogP contribution in [0.4, 0.5) is 5.69 Å². The number of carbonyl (C=O) groups excluding carboxylic acids is 2. The van der Waals surface area contributed by atoms with Crippen LogP contribution in [-0.2, 0) is 32.6 Å². The number of amides is 2. The predicted molar refractivity (Wildman–Crippen MR) is 167 cm³/mol. The molecule has 0 saturated carbocycles. The molecule has 41 heavy (non-hydrogen) atoms. The van der Waals surface area contributed by atoms with Crippen LogP contribution in [0, 0.1) is 13.8 Å². The van der Waals surface area contributed by atoms with Crippen LogP contribution < -0.4 is 9.62 Å². The van der Waals surface area contributed by atoms with E-state index in [1.807, 2.05) is 69.3 Å². The average Bonchev–Trinajstić information content (AvgIpc) is 2.91. The molecule has 0 radical (unpaired) electrons. The van der Waals surface area contributed by atoms with Crippen molar-refractivity contribution in [2.24, 2.45) is 0 Å². The topological polar surface area (TPSA) is 86.8 Å². The molecule has 3 aromatic rings. The lowest BCUT2D eigenvalue weighted by atomic mass is 10.0. The van der Waals surface area contributed by atoms with E-state index in [4.69, 9.17) is 23.2 Å². The quantitative estimate of drug-likeness (QED) is 0.257. The maximum Gasteiger partial charge on any atom is 0.243 e. The number of halogens is 2. The first kappa shape index (κ1) is 32.4. The number of hydrogen-bond donors (Lipinski definition) is 1. The first-order valence-corrected chi connectivity index (χ1v) is 16.1. The van der Waals surface area contributed by atoms with E-state index in [1.165, 1.54) is 9.21 Å². The van der Waals surface area contributed by atoms with Gasteiger partial charge in [-0.3, -0.25) is 13.9 Å². The highest BCUT2D eigenvalue weighted by Gasteiger charge is 2.31. The molecule has 0 unspecified atom stereocenters. The van der Waals surface area contributed by atoms with Gasteiger partial charge in [0.1, 0.15) is 6.04 Å². The smallest absolute Gasteiger partial charge is 0.243 e. The van der Waals surface area contributed by atoms with Gasteiger partial charge in [-0.2, -0.15) is 0 Å². The van der Waals surface area contributed by atoms with Gasteiger partial charge >= 0.3 is 0 Å². The summed E-state index contributed by atoms with van der Waals surface area (Å²) in [6, 6.07) is 19.4. The molecule has 1 N–H and O–H groups in total. The predicted octanol–water partition coefficient (Wildman–Crippen LogP) is 5.93. The number of rotatable bonds is 13. The number of aryl methyl sites for hydroxylation is 2. The number of sulfonamides is 1. The summed E-state index contributed by atoms with van der Waals surface area (Å²) in [5.74, 6) is -0.594. The summed E-state index contributed by atoms with van der Waals surface area (Å²) in [4.78, 5) is 28.8. The number of nitrogens with one attached hydrogen (secondary N) is 1. The van der Waals surface area contributed by atoms with Crippen LogP contribution in [-0.4, -0.2) is 50.5 Å². The van der Waals surface area contributed by atoms with Gasteiger partial charge in [-0.05, 0) is 62.1 Å². The number of nitrogens with zero attached hydrogens (tertiary/aromatic N) is 2. The van der Waals surface area contributed by atoms with Crippen LogP contribution in [0.25, 0.3) is 0 Å². The summed E-state index contributed by atoms with van der Waals surface area (Å²) in [5.41, 5.74) is 3.78. The highest BCUT2D eigenvalue weighted by molar-refractivity contribution is 7.92. The molecule has 3 aromatic carbocycles. The Morgan fingerprint density at radius 3 is 2.22 bits per heavy atom. The van der Waals surface area contributed by atoms with Gasteiger partial charge in [0, 0.05) is 48.1 Å². The standard InChI is InChI=1S/C31H37Cl2N3O4S/c1-5-34-31(38)29(20-24-11-7-6-8-12-24)35(21-25-26(32)13-9-14-27(25)33)30(37)15-10-18-36(41(4,39)40)28-19-22(2)16-17-23(28)3/h6-9,11-14,16-17,19,29H,5,10,15,18,20-21H2,1-4H3,(H,34,38)/t29-/m1/s1. The third-order valence-corrected chi connectivity index (χ3v) is 8.69. The second kappa shape index (κ2) is 14.7. The van der Waals surface area contributed by atoms with E-state index in [0.717, 1.165) is 22.9 Å². The Morgan fingerprint density at radius 1 is 0.951 bits per heavy atom. The van der Waals surface area contributed by atoms with E-state index in [0.29, 0.717) is 34.3 Å². The van der Waals surface area contributed by atoms with Crippen LogP contribution in [0.15, 0.2) is 66.7 Å². The number of carbonyl (C=O) groups is 2. The monoisotopic (exact) mass is 617 g/mol. The molecule has 220 valence electrons. The molecule has 0 spiro atoms. The largest absolute Gasteiger partial charge is 0.355 e. The summed E-state index contributed by atoms with van der Waals surface area (Å²) >= 11 is 13.0. The molecule has 0 aliphatic heterocycles. The van der Waals surface area contributed by atoms with Crippen molar-refractivity contribution >= 4 is 50.7 Å². The Hall–Kier alpha value is -3.07. The fraction of sp³-hybridized carbons (Fsp3) is 0.355. The van der Waals surface area contributed by atoms with Gasteiger partial charge in [0.25, 0.3) is 0 Å². The Labute approximate surface area is 253 Å². The van der Waals surface area contributed by atoms with Crippen LogP contribution >= 0.6 is 23.2 Å². The lowest BCUT2D eigenvalue weighted by Crippen LogP contribution is -2.50. The van der Waals surface area contributed by atoms with Gasteiger partial charge in [0.2, 0.25) is 21.8 Å². The van der Waals surface area contributed by atoms with Crippen LogP contribution in [0.5, 0.6) is 0 Å². The molecular formula is C31H37Cl2N3O4S. The van der Waals surface area contributed by atoms with Crippen molar-refractivity contribution in [3.05, 3.63) is 99.0 Å². The van der Waals surface area contributed by atoms with Crippen molar-refractivity contribution in [1.82, 2.24) is 10.2 Å². The molecule has 10 heteroatoms.